The normalized spacial score (nSPS) is 13.6. The minimum absolute atomic E-state index is 0.691. The molecule has 0 aliphatic carbocycles. The van der Waals surface area contributed by atoms with Crippen LogP contribution in [0.4, 0.5) is 0 Å². The van der Waals surface area contributed by atoms with E-state index < -0.39 is 20.1 Å². The van der Waals surface area contributed by atoms with E-state index >= 15 is 0 Å². The highest BCUT2D eigenvalue weighted by atomic mass is 32.3. The fraction of sp³-hybridized carbons (Fsp3) is 0.143. The molecule has 4 aromatic heterocycles. The van der Waals surface area contributed by atoms with Crippen molar-refractivity contribution in [1.29, 1.82) is 0 Å². The lowest BCUT2D eigenvalue weighted by Gasteiger charge is -2.32. The van der Waals surface area contributed by atoms with E-state index in [0.717, 1.165) is 54.9 Å². The molecule has 0 aliphatic rings. The molecular formula is C42H34N4O2S2. The quantitative estimate of drug-likeness (QED) is 0.171. The van der Waals surface area contributed by atoms with Gasteiger partial charge in [0.1, 0.15) is 22.2 Å². The molecule has 6 nitrogen and oxygen atoms in total. The molecule has 0 unspecified atom stereocenters. The number of rotatable bonds is 4. The smallest absolute Gasteiger partial charge is 0.172 e. The first-order chi connectivity index (χ1) is 24.0. The highest BCUT2D eigenvalue weighted by Gasteiger charge is 2.28. The highest BCUT2D eigenvalue weighted by Crippen LogP contribution is 2.58. The summed E-state index contributed by atoms with van der Waals surface area (Å²) in [5.41, 5.74) is 6.73. The van der Waals surface area contributed by atoms with Crippen LogP contribution in [0, 0.1) is 0 Å². The number of nitrogens with zero attached hydrogens (tertiary/aromatic N) is 4. The third-order valence-corrected chi connectivity index (χ3v) is 13.1. The number of aromatic nitrogens is 4. The second-order valence-electron chi connectivity index (χ2n) is 14.6. The largest absolute Gasteiger partial charge is 0.452 e. The van der Waals surface area contributed by atoms with E-state index in [-0.39, 0.29) is 0 Å². The average molecular weight is 691 g/mol. The van der Waals surface area contributed by atoms with Gasteiger partial charge in [0.2, 0.25) is 0 Å². The van der Waals surface area contributed by atoms with Gasteiger partial charge in [-0.3, -0.25) is 0 Å². The molecule has 0 N–H and O–H groups in total. The Bertz CT molecular complexity index is 2790. The van der Waals surface area contributed by atoms with Crippen molar-refractivity contribution in [3.8, 4) is 22.8 Å². The molecule has 0 atom stereocenters. The minimum Gasteiger partial charge on any atom is -0.452 e. The second-order valence-corrected chi connectivity index (χ2v) is 22.8. The summed E-state index contributed by atoms with van der Waals surface area (Å²) in [5.74, 6) is 1.39. The lowest BCUT2D eigenvalue weighted by molar-refractivity contribution is 0.669. The van der Waals surface area contributed by atoms with Crippen molar-refractivity contribution in [2.24, 2.45) is 0 Å². The number of fused-ring (bicyclic) bond motifs is 8. The maximum atomic E-state index is 6.73. The summed E-state index contributed by atoms with van der Waals surface area (Å²) in [5, 5.41) is 9.16. The summed E-state index contributed by atoms with van der Waals surface area (Å²) < 4.78 is 13.5. The Labute approximate surface area is 291 Å². The van der Waals surface area contributed by atoms with Gasteiger partial charge in [0.15, 0.2) is 22.8 Å². The molecule has 8 heteroatoms. The minimum atomic E-state index is -1.21. The number of furan rings is 2. The maximum absolute atomic E-state index is 6.73. The molecule has 0 aliphatic heterocycles. The van der Waals surface area contributed by atoms with Crippen molar-refractivity contribution in [1.82, 2.24) is 19.9 Å². The van der Waals surface area contributed by atoms with Crippen LogP contribution in [0.15, 0.2) is 116 Å². The van der Waals surface area contributed by atoms with Crippen LogP contribution in [0.5, 0.6) is 0 Å². The first kappa shape index (κ1) is 29.7. The molecule has 0 saturated carbocycles. The molecule has 4 heterocycles. The molecule has 50 heavy (non-hydrogen) atoms. The lowest BCUT2D eigenvalue weighted by atomic mass is 9.91. The molecule has 0 spiro atoms. The summed E-state index contributed by atoms with van der Waals surface area (Å²) in [7, 11) is -2.43. The Morgan fingerprint density at radius 1 is 0.460 bits per heavy atom. The Hall–Kier alpha value is -5.18. The van der Waals surface area contributed by atoms with E-state index in [4.69, 9.17) is 28.8 Å². The first-order valence-electron chi connectivity index (χ1n) is 16.5. The second kappa shape index (κ2) is 10.2. The Morgan fingerprint density at radius 2 is 0.860 bits per heavy atom. The van der Waals surface area contributed by atoms with Crippen LogP contribution in [0.25, 0.3) is 99.2 Å². The summed E-state index contributed by atoms with van der Waals surface area (Å²) in [6.07, 6.45) is 17.8. The summed E-state index contributed by atoms with van der Waals surface area (Å²) in [4.78, 5) is 22.3. The highest BCUT2D eigenvalue weighted by molar-refractivity contribution is 8.32. The van der Waals surface area contributed by atoms with Gasteiger partial charge in [0, 0.05) is 43.4 Å². The van der Waals surface area contributed by atoms with Crippen molar-refractivity contribution in [3.63, 3.8) is 0 Å². The van der Waals surface area contributed by atoms with E-state index in [1.54, 1.807) is 0 Å². The van der Waals surface area contributed by atoms with Crippen molar-refractivity contribution >= 4 is 96.5 Å². The van der Waals surface area contributed by atoms with E-state index in [2.05, 4.69) is 61.8 Å². The third kappa shape index (κ3) is 4.25. The van der Waals surface area contributed by atoms with E-state index in [1.165, 1.54) is 31.3 Å². The lowest BCUT2D eigenvalue weighted by Crippen LogP contribution is -2.00. The topological polar surface area (TPSA) is 77.8 Å². The van der Waals surface area contributed by atoms with Gasteiger partial charge in [0.05, 0.1) is 12.4 Å². The zero-order chi connectivity index (χ0) is 34.1. The molecule has 0 radical (unpaired) electrons. The SMILES string of the molecule is CS(C)(C)c1cc2c3oc4cnc(-c5ccccc5)nc4c3cc3c(S(C)(C)C)cc4c5oc6cnc(-c7ccccc7)nc6c5cc1c4c32. The predicted molar refractivity (Wildman–Crippen MR) is 214 cm³/mol. The van der Waals surface area contributed by atoms with Gasteiger partial charge in [-0.2, -0.15) is 0 Å². The Balaban J connectivity index is 1.38. The molecule has 6 aromatic carbocycles. The summed E-state index contributed by atoms with van der Waals surface area (Å²) >= 11 is 0. The van der Waals surface area contributed by atoms with Gasteiger partial charge >= 0.3 is 0 Å². The van der Waals surface area contributed by atoms with E-state index in [0.29, 0.717) is 22.8 Å². The molecule has 0 fully saturated rings. The van der Waals surface area contributed by atoms with Crippen LogP contribution in [0.3, 0.4) is 0 Å². The van der Waals surface area contributed by atoms with Crippen LogP contribution in [-0.4, -0.2) is 57.5 Å². The van der Waals surface area contributed by atoms with Crippen LogP contribution in [-0.2, 0) is 0 Å². The van der Waals surface area contributed by atoms with Gasteiger partial charge in [0.25, 0.3) is 0 Å². The van der Waals surface area contributed by atoms with E-state index in [9.17, 15) is 0 Å². The van der Waals surface area contributed by atoms with Gasteiger partial charge in [-0.25, -0.2) is 40.0 Å². The van der Waals surface area contributed by atoms with Crippen molar-refractivity contribution in [2.45, 2.75) is 9.79 Å². The monoisotopic (exact) mass is 690 g/mol. The van der Waals surface area contributed by atoms with Crippen molar-refractivity contribution in [2.75, 3.05) is 37.5 Å². The molecule has 246 valence electrons. The molecule has 10 rings (SSSR count). The fourth-order valence-electron chi connectivity index (χ4n) is 7.53. The zero-order valence-corrected chi connectivity index (χ0v) is 30.3. The zero-order valence-electron chi connectivity index (χ0n) is 28.7. The van der Waals surface area contributed by atoms with Crippen molar-refractivity contribution in [3.05, 3.63) is 97.3 Å². The molecule has 0 bridgehead atoms. The van der Waals surface area contributed by atoms with Crippen molar-refractivity contribution < 1.29 is 8.83 Å². The van der Waals surface area contributed by atoms with Gasteiger partial charge in [-0.05, 0) is 82.4 Å². The first-order valence-corrected chi connectivity index (χ1v) is 22.2. The van der Waals surface area contributed by atoms with Gasteiger partial charge < -0.3 is 8.83 Å². The molecule has 0 amide bonds. The molecule has 0 saturated heterocycles. The maximum Gasteiger partial charge on any atom is 0.172 e. The van der Waals surface area contributed by atoms with Crippen LogP contribution in [0.2, 0.25) is 0 Å². The predicted octanol–water partition coefficient (Wildman–Crippen LogP) is 11.4. The average Bonchev–Trinajstić information content (AvgIpc) is 3.67. The Morgan fingerprint density at radius 3 is 1.24 bits per heavy atom. The standard InChI is InChI=1S/C42H34N4O2S2/c1-49(2,3)33-19-27-36-26(18-30-38-32(47-39(27)30)22-44-42(46-38)24-15-11-8-12-16-24)34(50(4,5)6)20-28-35(36)25(33)17-29-37-31(48-40(28)29)21-43-41(45-37)23-13-9-7-10-14-23/h7-22H,1-6H3. The third-order valence-electron chi connectivity index (χ3n) is 9.79. The summed E-state index contributed by atoms with van der Waals surface area (Å²) in [6, 6.07) is 29.7. The molecule has 10 aromatic rings. The summed E-state index contributed by atoms with van der Waals surface area (Å²) in [6.45, 7) is 0. The van der Waals surface area contributed by atoms with Gasteiger partial charge in [-0.15, -0.1) is 0 Å². The Kier molecular flexibility index (Phi) is 6.05. The fourth-order valence-corrected chi connectivity index (χ4v) is 10.1. The number of hydrogen-bond acceptors (Lipinski definition) is 6. The van der Waals surface area contributed by atoms with Crippen LogP contribution < -0.4 is 0 Å². The van der Waals surface area contributed by atoms with Gasteiger partial charge in [-0.1, -0.05) is 60.7 Å². The van der Waals surface area contributed by atoms with Crippen LogP contribution >= 0.6 is 20.1 Å². The number of benzene rings is 6. The molecular weight excluding hydrogens is 657 g/mol. The van der Waals surface area contributed by atoms with Crippen LogP contribution in [0.1, 0.15) is 0 Å². The van der Waals surface area contributed by atoms with E-state index in [1.807, 2.05) is 73.1 Å². The number of hydrogen-bond donors (Lipinski definition) is 0.